The normalized spacial score (nSPS) is 18.7. The Labute approximate surface area is 128 Å². The average Bonchev–Trinajstić information content (AvgIpc) is 3.08. The molecule has 6 heteroatoms. The van der Waals surface area contributed by atoms with E-state index in [0.29, 0.717) is 5.92 Å². The van der Waals surface area contributed by atoms with Crippen LogP contribution >= 0.6 is 0 Å². The summed E-state index contributed by atoms with van der Waals surface area (Å²) in [5.74, 6) is 1.55. The van der Waals surface area contributed by atoms with Gasteiger partial charge < -0.3 is 4.90 Å². The van der Waals surface area contributed by atoms with Crippen LogP contribution in [0.3, 0.4) is 0 Å². The van der Waals surface area contributed by atoms with Crippen molar-refractivity contribution in [3.05, 3.63) is 43.1 Å². The van der Waals surface area contributed by atoms with E-state index in [1.54, 1.807) is 12.7 Å². The molecule has 3 heterocycles. The van der Waals surface area contributed by atoms with Gasteiger partial charge >= 0.3 is 0 Å². The fourth-order valence-electron chi connectivity index (χ4n) is 3.11. The Kier molecular flexibility index (Phi) is 3.42. The molecule has 0 spiro atoms. The third-order valence-corrected chi connectivity index (χ3v) is 4.19. The van der Waals surface area contributed by atoms with Crippen molar-refractivity contribution in [3.63, 3.8) is 0 Å². The number of hydrogen-bond acceptors (Lipinski definition) is 5. The second kappa shape index (κ2) is 5.71. The lowest BCUT2D eigenvalue weighted by molar-refractivity contribution is 0.350. The summed E-state index contributed by atoms with van der Waals surface area (Å²) in [7, 11) is 0. The van der Waals surface area contributed by atoms with Crippen LogP contribution in [0.4, 0.5) is 5.82 Å². The zero-order valence-electron chi connectivity index (χ0n) is 12.3. The molecule has 2 aromatic heterocycles. The van der Waals surface area contributed by atoms with Crippen LogP contribution in [0.15, 0.2) is 43.1 Å². The first-order valence-corrected chi connectivity index (χ1v) is 7.67. The molecule has 1 aromatic carbocycles. The molecule has 22 heavy (non-hydrogen) atoms. The minimum atomic E-state index is 0.573. The van der Waals surface area contributed by atoms with E-state index < -0.39 is 0 Å². The van der Waals surface area contributed by atoms with Gasteiger partial charge in [0.05, 0.1) is 17.2 Å². The summed E-state index contributed by atoms with van der Waals surface area (Å²) in [6.45, 7) is 2.95. The van der Waals surface area contributed by atoms with Crippen LogP contribution in [0.25, 0.3) is 11.0 Å². The molecule has 0 radical (unpaired) electrons. The first-order chi connectivity index (χ1) is 10.9. The Morgan fingerprint density at radius 2 is 2.09 bits per heavy atom. The van der Waals surface area contributed by atoms with Crippen molar-refractivity contribution < 1.29 is 0 Å². The van der Waals surface area contributed by atoms with E-state index in [4.69, 9.17) is 4.98 Å². The third kappa shape index (κ3) is 2.64. The number of benzene rings is 1. The molecule has 0 aliphatic carbocycles. The summed E-state index contributed by atoms with van der Waals surface area (Å²) in [6.07, 6.45) is 7.66. The Hall–Kier alpha value is -2.50. The molecular formula is C16H18N6. The number of fused-ring (bicyclic) bond motifs is 1. The number of rotatable bonds is 3. The molecule has 0 bridgehead atoms. The van der Waals surface area contributed by atoms with Crippen molar-refractivity contribution in [1.29, 1.82) is 0 Å². The summed E-state index contributed by atoms with van der Waals surface area (Å²) >= 11 is 0. The Morgan fingerprint density at radius 3 is 2.95 bits per heavy atom. The van der Waals surface area contributed by atoms with Crippen LogP contribution in [0.2, 0.25) is 0 Å². The van der Waals surface area contributed by atoms with E-state index in [1.807, 2.05) is 35.1 Å². The lowest BCUT2D eigenvalue weighted by Gasteiger charge is -2.33. The highest BCUT2D eigenvalue weighted by molar-refractivity contribution is 5.75. The van der Waals surface area contributed by atoms with Gasteiger partial charge in [-0.05, 0) is 30.9 Å². The van der Waals surface area contributed by atoms with Gasteiger partial charge in [-0.3, -0.25) is 9.67 Å². The van der Waals surface area contributed by atoms with E-state index in [1.165, 1.54) is 12.8 Å². The van der Waals surface area contributed by atoms with Gasteiger partial charge in [-0.2, -0.15) is 5.10 Å². The van der Waals surface area contributed by atoms with E-state index in [-0.39, 0.29) is 0 Å². The predicted octanol–water partition coefficient (Wildman–Crippen LogP) is 2.14. The molecule has 0 amide bonds. The minimum Gasteiger partial charge on any atom is -0.355 e. The van der Waals surface area contributed by atoms with Crippen LogP contribution in [0.1, 0.15) is 12.8 Å². The summed E-state index contributed by atoms with van der Waals surface area (Å²) in [6, 6.07) is 8.01. The number of para-hydroxylation sites is 2. The topological polar surface area (TPSA) is 59.7 Å². The molecule has 1 fully saturated rings. The largest absolute Gasteiger partial charge is 0.355 e. The average molecular weight is 294 g/mol. The molecule has 1 aliphatic heterocycles. The van der Waals surface area contributed by atoms with E-state index in [9.17, 15) is 0 Å². The minimum absolute atomic E-state index is 0.573. The predicted molar refractivity (Wildman–Crippen MR) is 84.5 cm³/mol. The highest BCUT2D eigenvalue weighted by Crippen LogP contribution is 2.23. The van der Waals surface area contributed by atoms with Crippen molar-refractivity contribution in [2.45, 2.75) is 19.4 Å². The molecule has 1 aliphatic rings. The van der Waals surface area contributed by atoms with Gasteiger partial charge in [0.2, 0.25) is 0 Å². The van der Waals surface area contributed by atoms with Gasteiger partial charge in [0.15, 0.2) is 0 Å². The summed E-state index contributed by atoms with van der Waals surface area (Å²) in [5, 5.41) is 4.21. The standard InChI is InChI=1S/C16H18N6/c1-2-6-15-14(5-1)18-8-16(20-15)21-7-3-4-13(9-21)10-22-12-17-11-19-22/h1-2,5-6,8,11-13H,3-4,7,9-10H2/t13-/m0/s1. The fourth-order valence-corrected chi connectivity index (χ4v) is 3.11. The molecule has 112 valence electrons. The second-order valence-electron chi connectivity index (χ2n) is 5.79. The second-order valence-corrected chi connectivity index (χ2v) is 5.79. The number of piperidine rings is 1. The summed E-state index contributed by atoms with van der Waals surface area (Å²) < 4.78 is 1.92. The molecule has 0 saturated carbocycles. The lowest BCUT2D eigenvalue weighted by Crippen LogP contribution is -2.37. The molecule has 0 N–H and O–H groups in total. The van der Waals surface area contributed by atoms with Crippen LogP contribution < -0.4 is 4.90 Å². The van der Waals surface area contributed by atoms with E-state index in [0.717, 1.165) is 36.5 Å². The summed E-state index contributed by atoms with van der Waals surface area (Å²) in [5.41, 5.74) is 1.90. The zero-order chi connectivity index (χ0) is 14.8. The van der Waals surface area contributed by atoms with Crippen LogP contribution in [-0.4, -0.2) is 37.8 Å². The van der Waals surface area contributed by atoms with Gasteiger partial charge in [-0.15, -0.1) is 0 Å². The number of nitrogens with zero attached hydrogens (tertiary/aromatic N) is 6. The molecule has 0 unspecified atom stereocenters. The van der Waals surface area contributed by atoms with Crippen molar-refractivity contribution in [2.24, 2.45) is 5.92 Å². The summed E-state index contributed by atoms with van der Waals surface area (Å²) in [4.78, 5) is 15.6. The first kappa shape index (κ1) is 13.2. The Bertz CT molecular complexity index is 754. The number of anilines is 1. The Morgan fingerprint density at radius 1 is 1.18 bits per heavy atom. The molecule has 1 saturated heterocycles. The molecule has 1 atom stereocenters. The van der Waals surface area contributed by atoms with Gasteiger partial charge in [0.1, 0.15) is 18.5 Å². The maximum atomic E-state index is 4.76. The van der Waals surface area contributed by atoms with Gasteiger partial charge in [-0.1, -0.05) is 12.1 Å². The van der Waals surface area contributed by atoms with Crippen molar-refractivity contribution in [2.75, 3.05) is 18.0 Å². The smallest absolute Gasteiger partial charge is 0.147 e. The Balaban J connectivity index is 1.53. The zero-order valence-corrected chi connectivity index (χ0v) is 12.3. The van der Waals surface area contributed by atoms with E-state index in [2.05, 4.69) is 20.0 Å². The highest BCUT2D eigenvalue weighted by Gasteiger charge is 2.22. The molecule has 4 rings (SSSR count). The SMILES string of the molecule is c1ccc2nc(N3CCC[C@H](Cn4cncn4)C3)cnc2c1. The third-order valence-electron chi connectivity index (χ3n) is 4.19. The van der Waals surface area contributed by atoms with Crippen molar-refractivity contribution in [1.82, 2.24) is 24.7 Å². The molecule has 6 nitrogen and oxygen atoms in total. The number of hydrogen-bond donors (Lipinski definition) is 0. The molecular weight excluding hydrogens is 276 g/mol. The first-order valence-electron chi connectivity index (χ1n) is 7.67. The van der Waals surface area contributed by atoms with Crippen LogP contribution in [-0.2, 0) is 6.54 Å². The monoisotopic (exact) mass is 294 g/mol. The van der Waals surface area contributed by atoms with Gasteiger partial charge in [-0.25, -0.2) is 9.97 Å². The van der Waals surface area contributed by atoms with E-state index >= 15 is 0 Å². The highest BCUT2D eigenvalue weighted by atomic mass is 15.3. The lowest BCUT2D eigenvalue weighted by atomic mass is 9.98. The quantitative estimate of drug-likeness (QED) is 0.740. The van der Waals surface area contributed by atoms with Crippen LogP contribution in [0, 0.1) is 5.92 Å². The maximum Gasteiger partial charge on any atom is 0.147 e. The number of aromatic nitrogens is 5. The van der Waals surface area contributed by atoms with Gasteiger partial charge in [0, 0.05) is 19.6 Å². The maximum absolute atomic E-state index is 4.76. The van der Waals surface area contributed by atoms with Crippen molar-refractivity contribution >= 4 is 16.9 Å². The van der Waals surface area contributed by atoms with Gasteiger partial charge in [0.25, 0.3) is 0 Å². The van der Waals surface area contributed by atoms with Crippen LogP contribution in [0.5, 0.6) is 0 Å². The van der Waals surface area contributed by atoms with Crippen molar-refractivity contribution in [3.8, 4) is 0 Å². The molecule has 3 aromatic rings. The fraction of sp³-hybridized carbons (Fsp3) is 0.375.